The molecular formula is C20H29N3O5S. The highest BCUT2D eigenvalue weighted by atomic mass is 32.2. The molecule has 2 aliphatic heterocycles. The summed E-state index contributed by atoms with van der Waals surface area (Å²) >= 11 is 0. The van der Waals surface area contributed by atoms with Crippen LogP contribution in [0.3, 0.4) is 0 Å². The maximum absolute atomic E-state index is 12.8. The lowest BCUT2D eigenvalue weighted by Crippen LogP contribution is -2.40. The zero-order valence-electron chi connectivity index (χ0n) is 16.7. The Kier molecular flexibility index (Phi) is 7.26. The van der Waals surface area contributed by atoms with Gasteiger partial charge in [0.15, 0.2) is 0 Å². The lowest BCUT2D eigenvalue weighted by molar-refractivity contribution is -0.122. The molecule has 1 unspecified atom stereocenters. The van der Waals surface area contributed by atoms with Gasteiger partial charge < -0.3 is 15.4 Å². The van der Waals surface area contributed by atoms with E-state index >= 15 is 0 Å². The van der Waals surface area contributed by atoms with E-state index in [2.05, 4.69) is 10.6 Å². The Labute approximate surface area is 172 Å². The van der Waals surface area contributed by atoms with Crippen LogP contribution < -0.4 is 10.6 Å². The number of anilines is 1. The fourth-order valence-electron chi connectivity index (χ4n) is 3.78. The highest BCUT2D eigenvalue weighted by Gasteiger charge is 2.30. The quantitative estimate of drug-likeness (QED) is 0.695. The number of hydrogen-bond acceptors (Lipinski definition) is 5. The van der Waals surface area contributed by atoms with Crippen LogP contribution in [0.1, 0.15) is 39.0 Å². The predicted octanol–water partition coefficient (Wildman–Crippen LogP) is 1.73. The molecule has 0 radical (unpaired) electrons. The number of nitrogens with one attached hydrogen (secondary N) is 2. The van der Waals surface area contributed by atoms with Gasteiger partial charge in [-0.1, -0.05) is 0 Å². The van der Waals surface area contributed by atoms with E-state index in [0.29, 0.717) is 44.6 Å². The summed E-state index contributed by atoms with van der Waals surface area (Å²) in [7, 11) is -3.58. The van der Waals surface area contributed by atoms with Gasteiger partial charge in [0.1, 0.15) is 0 Å². The summed E-state index contributed by atoms with van der Waals surface area (Å²) in [5.74, 6) is -0.00839. The van der Waals surface area contributed by atoms with Gasteiger partial charge in [0, 0.05) is 45.3 Å². The maximum Gasteiger partial charge on any atom is 0.243 e. The normalized spacial score (nSPS) is 21.1. The smallest absolute Gasteiger partial charge is 0.243 e. The number of nitrogens with zero attached hydrogens (tertiary/aromatic N) is 1. The second kappa shape index (κ2) is 9.69. The summed E-state index contributed by atoms with van der Waals surface area (Å²) in [6, 6.07) is 6.18. The summed E-state index contributed by atoms with van der Waals surface area (Å²) < 4.78 is 32.7. The third-order valence-corrected chi connectivity index (χ3v) is 7.32. The number of carbonyl (C=O) groups is 2. The van der Waals surface area contributed by atoms with Crippen LogP contribution in [0.2, 0.25) is 0 Å². The number of carbonyl (C=O) groups excluding carboxylic acids is 2. The average Bonchev–Trinajstić information content (AvgIpc) is 3.20. The van der Waals surface area contributed by atoms with Gasteiger partial charge in [0.05, 0.1) is 11.0 Å². The third-order valence-electron chi connectivity index (χ3n) is 5.41. The van der Waals surface area contributed by atoms with E-state index in [0.717, 1.165) is 19.4 Å². The van der Waals surface area contributed by atoms with Gasteiger partial charge >= 0.3 is 0 Å². The number of rotatable bonds is 7. The first-order chi connectivity index (χ1) is 13.8. The van der Waals surface area contributed by atoms with Crippen molar-refractivity contribution < 1.29 is 22.7 Å². The first-order valence-electron chi connectivity index (χ1n) is 10.1. The minimum atomic E-state index is -3.58. The van der Waals surface area contributed by atoms with Gasteiger partial charge in [0.25, 0.3) is 0 Å². The summed E-state index contributed by atoms with van der Waals surface area (Å²) in [6.45, 7) is 3.53. The van der Waals surface area contributed by atoms with Crippen LogP contribution in [0, 0.1) is 5.92 Å². The number of piperidine rings is 1. The summed E-state index contributed by atoms with van der Waals surface area (Å²) in [4.78, 5) is 23.4. The van der Waals surface area contributed by atoms with Gasteiger partial charge in [-0.3, -0.25) is 9.59 Å². The minimum Gasteiger partial charge on any atom is -0.376 e. The number of hydrogen-bond donors (Lipinski definition) is 2. The number of ether oxygens (including phenoxy) is 1. The highest BCUT2D eigenvalue weighted by molar-refractivity contribution is 7.89. The molecule has 160 valence electrons. The van der Waals surface area contributed by atoms with Crippen LogP contribution in [-0.4, -0.2) is 56.9 Å². The monoisotopic (exact) mass is 423 g/mol. The van der Waals surface area contributed by atoms with Crippen molar-refractivity contribution in [2.24, 2.45) is 5.92 Å². The van der Waals surface area contributed by atoms with Gasteiger partial charge in [-0.2, -0.15) is 4.31 Å². The largest absolute Gasteiger partial charge is 0.376 e. The van der Waals surface area contributed by atoms with E-state index in [1.165, 1.54) is 23.4 Å². The molecule has 2 aliphatic rings. The van der Waals surface area contributed by atoms with Crippen LogP contribution in [0.5, 0.6) is 0 Å². The Morgan fingerprint density at radius 2 is 1.83 bits per heavy atom. The third kappa shape index (κ3) is 6.01. The molecule has 9 heteroatoms. The van der Waals surface area contributed by atoms with Crippen LogP contribution in [0.25, 0.3) is 0 Å². The van der Waals surface area contributed by atoms with Crippen molar-refractivity contribution in [2.75, 3.05) is 31.6 Å². The van der Waals surface area contributed by atoms with Gasteiger partial charge in [-0.25, -0.2) is 8.42 Å². The van der Waals surface area contributed by atoms with Crippen molar-refractivity contribution in [3.63, 3.8) is 0 Å². The molecule has 0 spiro atoms. The number of sulfonamides is 1. The Balaban J connectivity index is 1.47. The Bertz CT molecular complexity index is 811. The van der Waals surface area contributed by atoms with Crippen molar-refractivity contribution in [2.45, 2.75) is 50.0 Å². The molecule has 2 N–H and O–H groups in total. The van der Waals surface area contributed by atoms with E-state index < -0.39 is 10.0 Å². The van der Waals surface area contributed by atoms with Gasteiger partial charge in [0.2, 0.25) is 21.8 Å². The van der Waals surface area contributed by atoms with E-state index in [4.69, 9.17) is 4.74 Å². The lowest BCUT2D eigenvalue weighted by Gasteiger charge is -2.31. The van der Waals surface area contributed by atoms with E-state index in [-0.39, 0.29) is 28.7 Å². The molecule has 29 heavy (non-hydrogen) atoms. The molecule has 1 atom stereocenters. The second-order valence-electron chi connectivity index (χ2n) is 7.70. The topological polar surface area (TPSA) is 105 Å². The minimum absolute atomic E-state index is 0.00960. The van der Waals surface area contributed by atoms with Crippen molar-refractivity contribution in [3.8, 4) is 0 Å². The fraction of sp³-hybridized carbons (Fsp3) is 0.600. The summed E-state index contributed by atoms with van der Waals surface area (Å²) in [5.41, 5.74) is 0.559. The molecule has 2 heterocycles. The molecule has 2 fully saturated rings. The van der Waals surface area contributed by atoms with Gasteiger partial charge in [-0.05, 0) is 55.9 Å². The standard InChI is InChI=1S/C20H29N3O5S/c1-15(24)22-17-4-6-19(7-5-17)29(26,27)23-10-8-16(9-11-23)13-20(25)21-14-18-3-2-12-28-18/h4-7,16,18H,2-3,8-14H2,1H3,(H,21,25)(H,22,24). The van der Waals surface area contributed by atoms with E-state index in [1.807, 2.05) is 0 Å². The predicted molar refractivity (Wildman–Crippen MR) is 109 cm³/mol. The molecule has 8 nitrogen and oxygen atoms in total. The lowest BCUT2D eigenvalue weighted by atomic mass is 9.94. The van der Waals surface area contributed by atoms with Crippen LogP contribution in [0.15, 0.2) is 29.2 Å². The van der Waals surface area contributed by atoms with Crippen LogP contribution in [-0.2, 0) is 24.3 Å². The number of benzene rings is 1. The van der Waals surface area contributed by atoms with E-state index in [9.17, 15) is 18.0 Å². The van der Waals surface area contributed by atoms with Crippen LogP contribution >= 0.6 is 0 Å². The Hall–Kier alpha value is -1.97. The first-order valence-corrected chi connectivity index (χ1v) is 11.5. The molecular weight excluding hydrogens is 394 g/mol. The van der Waals surface area contributed by atoms with Gasteiger partial charge in [-0.15, -0.1) is 0 Å². The fourth-order valence-corrected chi connectivity index (χ4v) is 5.25. The Morgan fingerprint density at radius 3 is 2.41 bits per heavy atom. The average molecular weight is 424 g/mol. The molecule has 2 saturated heterocycles. The summed E-state index contributed by atoms with van der Waals surface area (Å²) in [6.07, 6.45) is 3.91. The molecule has 3 rings (SSSR count). The molecule has 2 amide bonds. The number of amides is 2. The SMILES string of the molecule is CC(=O)Nc1ccc(S(=O)(=O)N2CCC(CC(=O)NCC3CCCO3)CC2)cc1. The van der Waals surface area contributed by atoms with Crippen molar-refractivity contribution >= 4 is 27.5 Å². The second-order valence-corrected chi connectivity index (χ2v) is 9.63. The highest BCUT2D eigenvalue weighted by Crippen LogP contribution is 2.26. The maximum atomic E-state index is 12.8. The molecule has 0 bridgehead atoms. The molecule has 0 saturated carbocycles. The Morgan fingerprint density at radius 1 is 1.14 bits per heavy atom. The molecule has 0 aromatic heterocycles. The zero-order chi connectivity index (χ0) is 20.9. The molecule has 1 aromatic rings. The van der Waals surface area contributed by atoms with E-state index in [1.54, 1.807) is 12.1 Å². The first kappa shape index (κ1) is 21.7. The zero-order valence-corrected chi connectivity index (χ0v) is 17.5. The summed E-state index contributed by atoms with van der Waals surface area (Å²) in [5, 5.41) is 5.55. The molecule has 0 aliphatic carbocycles. The molecule has 1 aromatic carbocycles. The van der Waals surface area contributed by atoms with Crippen molar-refractivity contribution in [3.05, 3.63) is 24.3 Å². The van der Waals surface area contributed by atoms with Crippen molar-refractivity contribution in [1.82, 2.24) is 9.62 Å². The van der Waals surface area contributed by atoms with Crippen molar-refractivity contribution in [1.29, 1.82) is 0 Å². The van der Waals surface area contributed by atoms with Crippen LogP contribution in [0.4, 0.5) is 5.69 Å².